The normalized spacial score (nSPS) is 29.5. The molecule has 96 valence electrons. The highest BCUT2D eigenvalue weighted by Gasteiger charge is 2.26. The summed E-state index contributed by atoms with van der Waals surface area (Å²) in [7, 11) is 0. The first-order valence-electron chi connectivity index (χ1n) is 6.22. The maximum atomic E-state index is 8.93. The summed E-state index contributed by atoms with van der Waals surface area (Å²) in [6.45, 7) is 5.20. The number of aliphatic hydroxyl groups is 1. The predicted octanol–water partition coefficient (Wildman–Crippen LogP) is 1.58. The van der Waals surface area contributed by atoms with E-state index in [0.717, 1.165) is 17.0 Å². The third-order valence-electron chi connectivity index (χ3n) is 3.22. The Balaban J connectivity index is 1.97. The van der Waals surface area contributed by atoms with Crippen molar-refractivity contribution in [3.8, 4) is 0 Å². The number of hydrogen-bond acceptors (Lipinski definition) is 5. The monoisotopic (exact) mass is 256 g/mol. The fraction of sp³-hybridized carbons (Fsp3) is 0.909. The second-order valence-electron chi connectivity index (χ2n) is 5.07. The van der Waals surface area contributed by atoms with E-state index in [2.05, 4.69) is 29.4 Å². The van der Waals surface area contributed by atoms with E-state index in [0.29, 0.717) is 11.8 Å². The molecule has 1 heterocycles. The van der Waals surface area contributed by atoms with Crippen LogP contribution >= 0.6 is 11.8 Å². The quantitative estimate of drug-likeness (QED) is 0.886. The Labute approximate surface area is 106 Å². The number of thioether (sulfide) groups is 1. The summed E-state index contributed by atoms with van der Waals surface area (Å²) < 4.78 is 1.69. The van der Waals surface area contributed by atoms with Crippen molar-refractivity contribution in [3.05, 3.63) is 0 Å². The fourth-order valence-electron chi connectivity index (χ4n) is 2.63. The highest BCUT2D eigenvalue weighted by Crippen LogP contribution is 2.37. The molecular weight excluding hydrogens is 236 g/mol. The van der Waals surface area contributed by atoms with Crippen LogP contribution in [-0.4, -0.2) is 37.2 Å². The topological polar surface area (TPSA) is 63.8 Å². The van der Waals surface area contributed by atoms with Crippen LogP contribution in [0.3, 0.4) is 0 Å². The van der Waals surface area contributed by atoms with E-state index in [9.17, 15) is 0 Å². The molecule has 2 rings (SSSR count). The van der Waals surface area contributed by atoms with Crippen LogP contribution in [0.1, 0.15) is 33.1 Å². The highest BCUT2D eigenvalue weighted by molar-refractivity contribution is 7.99. The summed E-state index contributed by atoms with van der Waals surface area (Å²) in [5.41, 5.74) is 0. The van der Waals surface area contributed by atoms with Gasteiger partial charge in [0.05, 0.1) is 13.2 Å². The van der Waals surface area contributed by atoms with E-state index in [1.807, 2.05) is 0 Å². The summed E-state index contributed by atoms with van der Waals surface area (Å²) in [6, 6.07) is 0. The number of aliphatic hydroxyl groups excluding tert-OH is 1. The molecule has 0 aromatic carbocycles. The molecule has 0 aliphatic heterocycles. The molecule has 1 N–H and O–H groups in total. The number of hydrogen-bond donors (Lipinski definition) is 1. The third kappa shape index (κ3) is 3.42. The first-order chi connectivity index (χ1) is 8.19. The van der Waals surface area contributed by atoms with Gasteiger partial charge in [0, 0.05) is 5.25 Å². The molecule has 1 aromatic rings. The molecule has 1 saturated carbocycles. The van der Waals surface area contributed by atoms with Crippen LogP contribution in [0.25, 0.3) is 0 Å². The number of rotatable bonds is 4. The molecule has 0 radical (unpaired) electrons. The van der Waals surface area contributed by atoms with Gasteiger partial charge in [-0.1, -0.05) is 25.6 Å². The van der Waals surface area contributed by atoms with Gasteiger partial charge in [-0.3, -0.25) is 0 Å². The zero-order chi connectivity index (χ0) is 12.3. The van der Waals surface area contributed by atoms with E-state index < -0.39 is 0 Å². The number of nitrogens with zero attached hydrogens (tertiary/aromatic N) is 4. The second kappa shape index (κ2) is 5.82. The Bertz CT molecular complexity index is 347. The molecular formula is C11H20N4OS. The smallest absolute Gasteiger partial charge is 0.209 e. The van der Waals surface area contributed by atoms with Gasteiger partial charge < -0.3 is 5.11 Å². The van der Waals surface area contributed by atoms with Crippen molar-refractivity contribution in [1.29, 1.82) is 0 Å². The van der Waals surface area contributed by atoms with E-state index in [1.165, 1.54) is 19.3 Å². The summed E-state index contributed by atoms with van der Waals surface area (Å²) in [6.07, 6.45) is 3.81. The highest BCUT2D eigenvalue weighted by atomic mass is 32.2. The standard InChI is InChI=1S/C11H20N4OS/c1-8-5-9(2)7-10(6-8)17-11-12-13-14-15(11)3-4-16/h8-10,16H,3-7H2,1-2H3. The minimum atomic E-state index is 0.0794. The Morgan fingerprint density at radius 1 is 1.29 bits per heavy atom. The molecule has 5 nitrogen and oxygen atoms in total. The lowest BCUT2D eigenvalue weighted by Gasteiger charge is -2.30. The van der Waals surface area contributed by atoms with Gasteiger partial charge in [0.25, 0.3) is 0 Å². The van der Waals surface area contributed by atoms with Gasteiger partial charge in [0.1, 0.15) is 0 Å². The molecule has 1 aliphatic rings. The number of tetrazole rings is 1. The molecule has 0 amide bonds. The maximum Gasteiger partial charge on any atom is 0.209 e. The van der Waals surface area contributed by atoms with Gasteiger partial charge in [0.15, 0.2) is 0 Å². The van der Waals surface area contributed by atoms with Crippen molar-refractivity contribution in [1.82, 2.24) is 20.2 Å². The molecule has 0 saturated heterocycles. The lowest BCUT2D eigenvalue weighted by molar-refractivity contribution is 0.262. The molecule has 1 aromatic heterocycles. The van der Waals surface area contributed by atoms with E-state index >= 15 is 0 Å². The molecule has 1 aliphatic carbocycles. The van der Waals surface area contributed by atoms with Gasteiger partial charge >= 0.3 is 0 Å². The van der Waals surface area contributed by atoms with Crippen molar-refractivity contribution >= 4 is 11.8 Å². The molecule has 0 spiro atoms. The lowest BCUT2D eigenvalue weighted by atomic mass is 9.83. The van der Waals surface area contributed by atoms with Crippen LogP contribution in [-0.2, 0) is 6.54 Å². The first-order valence-corrected chi connectivity index (χ1v) is 7.10. The van der Waals surface area contributed by atoms with Crippen LogP contribution in [0.5, 0.6) is 0 Å². The van der Waals surface area contributed by atoms with E-state index in [4.69, 9.17) is 5.11 Å². The van der Waals surface area contributed by atoms with Crippen molar-refractivity contribution in [2.24, 2.45) is 11.8 Å². The van der Waals surface area contributed by atoms with Crippen LogP contribution < -0.4 is 0 Å². The first kappa shape index (κ1) is 12.8. The van der Waals surface area contributed by atoms with Gasteiger partial charge in [-0.15, -0.1) is 5.10 Å². The zero-order valence-electron chi connectivity index (χ0n) is 10.4. The Kier molecular flexibility index (Phi) is 4.39. The van der Waals surface area contributed by atoms with Gasteiger partial charge in [-0.25, -0.2) is 4.68 Å². The van der Waals surface area contributed by atoms with Crippen LogP contribution in [0.2, 0.25) is 0 Å². The van der Waals surface area contributed by atoms with Crippen LogP contribution in [0.4, 0.5) is 0 Å². The van der Waals surface area contributed by atoms with Gasteiger partial charge in [0.2, 0.25) is 5.16 Å². The van der Waals surface area contributed by atoms with Crippen molar-refractivity contribution < 1.29 is 5.11 Å². The van der Waals surface area contributed by atoms with Crippen LogP contribution in [0.15, 0.2) is 5.16 Å². The largest absolute Gasteiger partial charge is 0.394 e. The average molecular weight is 256 g/mol. The second-order valence-corrected chi connectivity index (χ2v) is 6.33. The van der Waals surface area contributed by atoms with E-state index in [1.54, 1.807) is 16.4 Å². The SMILES string of the molecule is CC1CC(C)CC(Sc2nnnn2CCO)C1. The molecule has 0 bridgehead atoms. The van der Waals surface area contributed by atoms with Gasteiger partial charge in [-0.2, -0.15) is 0 Å². The van der Waals surface area contributed by atoms with Crippen LogP contribution in [0, 0.1) is 11.8 Å². The van der Waals surface area contributed by atoms with E-state index in [-0.39, 0.29) is 6.61 Å². The van der Waals surface area contributed by atoms with Crippen molar-refractivity contribution in [2.75, 3.05) is 6.61 Å². The Hall–Kier alpha value is -0.620. The minimum Gasteiger partial charge on any atom is -0.394 e. The Morgan fingerprint density at radius 2 is 2.00 bits per heavy atom. The summed E-state index contributed by atoms with van der Waals surface area (Å²) >= 11 is 1.76. The Morgan fingerprint density at radius 3 is 2.65 bits per heavy atom. The summed E-state index contributed by atoms with van der Waals surface area (Å²) in [4.78, 5) is 0. The van der Waals surface area contributed by atoms with Crippen molar-refractivity contribution in [2.45, 2.75) is 50.1 Å². The number of aromatic nitrogens is 4. The van der Waals surface area contributed by atoms with Crippen molar-refractivity contribution in [3.63, 3.8) is 0 Å². The molecule has 2 atom stereocenters. The summed E-state index contributed by atoms with van der Waals surface area (Å²) in [5.74, 6) is 1.58. The summed E-state index contributed by atoms with van der Waals surface area (Å²) in [5, 5.41) is 22.0. The fourth-order valence-corrected chi connectivity index (χ4v) is 4.12. The molecule has 6 heteroatoms. The zero-order valence-corrected chi connectivity index (χ0v) is 11.2. The molecule has 1 fully saturated rings. The lowest BCUT2D eigenvalue weighted by Crippen LogP contribution is -2.22. The molecule has 17 heavy (non-hydrogen) atoms. The minimum absolute atomic E-state index is 0.0794. The molecule has 2 unspecified atom stereocenters. The maximum absolute atomic E-state index is 8.93. The van der Waals surface area contributed by atoms with Gasteiger partial charge in [-0.05, 0) is 41.5 Å². The third-order valence-corrected chi connectivity index (χ3v) is 4.44. The average Bonchev–Trinajstić information content (AvgIpc) is 2.65. The predicted molar refractivity (Wildman–Crippen MR) is 66.7 cm³/mol.